The van der Waals surface area contributed by atoms with Crippen molar-refractivity contribution in [1.82, 2.24) is 20.4 Å². The van der Waals surface area contributed by atoms with Crippen LogP contribution in [0.2, 0.25) is 0 Å². The zero-order valence-electron chi connectivity index (χ0n) is 19.1. The monoisotopic (exact) mass is 531 g/mol. The van der Waals surface area contributed by atoms with E-state index in [9.17, 15) is 0 Å². The molecular formula is C23H42IN5O. The molecule has 1 aliphatic heterocycles. The predicted molar refractivity (Wildman–Crippen MR) is 138 cm³/mol. The van der Waals surface area contributed by atoms with Gasteiger partial charge in [0.25, 0.3) is 0 Å². The van der Waals surface area contributed by atoms with E-state index < -0.39 is 0 Å². The number of hydrogen-bond donors (Lipinski definition) is 2. The molecule has 172 valence electrons. The van der Waals surface area contributed by atoms with Crippen molar-refractivity contribution >= 4 is 29.9 Å². The van der Waals surface area contributed by atoms with Gasteiger partial charge in [-0.3, -0.25) is 14.8 Å². The largest absolute Gasteiger partial charge is 0.379 e. The number of hydrogen-bond acceptors (Lipinski definition) is 4. The second-order valence-electron chi connectivity index (χ2n) is 7.89. The fraction of sp³-hybridized carbons (Fsp3) is 0.696. The summed E-state index contributed by atoms with van der Waals surface area (Å²) in [5.74, 6) is 0.941. The van der Waals surface area contributed by atoms with E-state index in [2.05, 4.69) is 71.7 Å². The molecule has 0 aliphatic carbocycles. The minimum atomic E-state index is 0. The van der Waals surface area contributed by atoms with Crippen LogP contribution in [-0.4, -0.2) is 81.3 Å². The van der Waals surface area contributed by atoms with Crippen LogP contribution in [-0.2, 0) is 11.3 Å². The first-order valence-corrected chi connectivity index (χ1v) is 11.3. The number of guanidine groups is 1. The molecule has 2 N–H and O–H groups in total. The maximum absolute atomic E-state index is 5.40. The summed E-state index contributed by atoms with van der Waals surface area (Å²) in [5.41, 5.74) is 1.36. The van der Waals surface area contributed by atoms with Gasteiger partial charge in [-0.15, -0.1) is 24.0 Å². The van der Waals surface area contributed by atoms with E-state index in [0.717, 1.165) is 77.8 Å². The average molecular weight is 532 g/mol. The summed E-state index contributed by atoms with van der Waals surface area (Å²) in [5, 5.41) is 6.86. The highest BCUT2D eigenvalue weighted by molar-refractivity contribution is 14.0. The maximum atomic E-state index is 5.40. The third kappa shape index (κ3) is 11.5. The quantitative estimate of drug-likeness (QED) is 0.188. The van der Waals surface area contributed by atoms with Gasteiger partial charge in [0, 0.05) is 45.3 Å². The average Bonchev–Trinajstić information content (AvgIpc) is 2.74. The van der Waals surface area contributed by atoms with Crippen molar-refractivity contribution in [3.05, 3.63) is 35.9 Å². The predicted octanol–water partition coefficient (Wildman–Crippen LogP) is 3.18. The molecule has 1 aromatic rings. The van der Waals surface area contributed by atoms with Gasteiger partial charge >= 0.3 is 0 Å². The van der Waals surface area contributed by atoms with Crippen LogP contribution in [0.1, 0.15) is 38.7 Å². The van der Waals surface area contributed by atoms with Crippen LogP contribution < -0.4 is 10.6 Å². The molecule has 2 rings (SSSR count). The van der Waals surface area contributed by atoms with Crippen LogP contribution in [0.25, 0.3) is 0 Å². The molecule has 30 heavy (non-hydrogen) atoms. The number of aliphatic imine (C=N–C) groups is 1. The Kier molecular flexibility index (Phi) is 15.2. The highest BCUT2D eigenvalue weighted by Crippen LogP contribution is 2.08. The molecule has 6 nitrogen and oxygen atoms in total. The summed E-state index contributed by atoms with van der Waals surface area (Å²) >= 11 is 0. The summed E-state index contributed by atoms with van der Waals surface area (Å²) in [4.78, 5) is 9.64. The first kappa shape index (κ1) is 27.1. The molecule has 0 bridgehead atoms. The number of morpholine rings is 1. The fourth-order valence-corrected chi connectivity index (χ4v) is 3.45. The lowest BCUT2D eigenvalue weighted by atomic mass is 10.1. The zero-order chi connectivity index (χ0) is 20.7. The Balaban J connectivity index is 0.00000450. The topological polar surface area (TPSA) is 52.1 Å². The Labute approximate surface area is 200 Å². The molecule has 1 aromatic carbocycles. The smallest absolute Gasteiger partial charge is 0.191 e. The first-order chi connectivity index (χ1) is 14.2. The highest BCUT2D eigenvalue weighted by atomic mass is 127. The second-order valence-corrected chi connectivity index (χ2v) is 7.89. The molecule has 0 saturated carbocycles. The Morgan fingerprint density at radius 3 is 2.60 bits per heavy atom. The van der Waals surface area contributed by atoms with E-state index in [4.69, 9.17) is 9.73 Å². The molecule has 1 heterocycles. The summed E-state index contributed by atoms with van der Waals surface area (Å²) in [6.45, 7) is 13.2. The molecule has 7 heteroatoms. The highest BCUT2D eigenvalue weighted by Gasteiger charge is 2.10. The first-order valence-electron chi connectivity index (χ1n) is 11.3. The Bertz CT molecular complexity index is 566. The normalized spacial score (nSPS) is 16.2. The number of rotatable bonds is 12. The summed E-state index contributed by atoms with van der Waals surface area (Å²) in [7, 11) is 2.20. The van der Waals surface area contributed by atoms with Crippen molar-refractivity contribution in [2.24, 2.45) is 4.99 Å². The molecule has 1 unspecified atom stereocenters. The van der Waals surface area contributed by atoms with Crippen LogP contribution in [0.5, 0.6) is 0 Å². The molecule has 0 amide bonds. The van der Waals surface area contributed by atoms with Gasteiger partial charge in [0.15, 0.2) is 5.96 Å². The fourth-order valence-electron chi connectivity index (χ4n) is 3.45. The molecule has 1 atom stereocenters. The van der Waals surface area contributed by atoms with E-state index in [1.54, 1.807) is 0 Å². The van der Waals surface area contributed by atoms with Crippen molar-refractivity contribution in [2.45, 2.75) is 45.7 Å². The Morgan fingerprint density at radius 1 is 1.17 bits per heavy atom. The number of benzene rings is 1. The number of nitrogens with zero attached hydrogens (tertiary/aromatic N) is 3. The minimum absolute atomic E-state index is 0. The second kappa shape index (κ2) is 16.8. The summed E-state index contributed by atoms with van der Waals surface area (Å²) < 4.78 is 5.40. The van der Waals surface area contributed by atoms with Crippen molar-refractivity contribution in [1.29, 1.82) is 0 Å². The van der Waals surface area contributed by atoms with Crippen molar-refractivity contribution in [2.75, 3.05) is 59.5 Å². The van der Waals surface area contributed by atoms with Crippen molar-refractivity contribution in [3.63, 3.8) is 0 Å². The third-order valence-electron chi connectivity index (χ3n) is 5.48. The van der Waals surface area contributed by atoms with E-state index in [0.29, 0.717) is 6.04 Å². The number of nitrogens with one attached hydrogen (secondary N) is 2. The van der Waals surface area contributed by atoms with Crippen molar-refractivity contribution < 1.29 is 4.74 Å². The van der Waals surface area contributed by atoms with E-state index in [1.807, 2.05) is 0 Å². The van der Waals surface area contributed by atoms with E-state index in [-0.39, 0.29) is 24.0 Å². The van der Waals surface area contributed by atoms with Gasteiger partial charge in [-0.05, 0) is 52.3 Å². The molecular weight excluding hydrogens is 489 g/mol. The molecule has 1 saturated heterocycles. The van der Waals surface area contributed by atoms with Crippen LogP contribution in [0.4, 0.5) is 0 Å². The lowest BCUT2D eigenvalue weighted by Gasteiger charge is -2.26. The molecule has 1 fully saturated rings. The van der Waals surface area contributed by atoms with Crippen molar-refractivity contribution in [3.8, 4) is 0 Å². The van der Waals surface area contributed by atoms with Gasteiger partial charge in [-0.2, -0.15) is 0 Å². The van der Waals surface area contributed by atoms with Gasteiger partial charge in [0.05, 0.1) is 13.2 Å². The van der Waals surface area contributed by atoms with Gasteiger partial charge in [-0.25, -0.2) is 0 Å². The zero-order valence-corrected chi connectivity index (χ0v) is 21.4. The van der Waals surface area contributed by atoms with Gasteiger partial charge in [0.1, 0.15) is 0 Å². The SMILES string of the molecule is CCNC(=NCCCCN1CCOCC1)NCCC(C)N(C)Cc1ccccc1.I. The third-order valence-corrected chi connectivity index (χ3v) is 5.48. The number of ether oxygens (including phenoxy) is 1. The molecule has 0 aromatic heterocycles. The number of unbranched alkanes of at least 4 members (excludes halogenated alkanes) is 1. The standard InChI is InChI=1S/C23H41N5O.HI/c1-4-24-23(25-13-8-9-15-28-16-18-29-19-17-28)26-14-12-21(2)27(3)20-22-10-6-5-7-11-22;/h5-7,10-11,21H,4,8-9,12-20H2,1-3H3,(H2,24,25,26);1H. The van der Waals surface area contributed by atoms with E-state index >= 15 is 0 Å². The molecule has 1 aliphatic rings. The maximum Gasteiger partial charge on any atom is 0.191 e. The lowest BCUT2D eigenvalue weighted by Crippen LogP contribution is -2.40. The lowest BCUT2D eigenvalue weighted by molar-refractivity contribution is 0.0373. The van der Waals surface area contributed by atoms with Gasteiger partial charge in [0.2, 0.25) is 0 Å². The van der Waals surface area contributed by atoms with Crippen LogP contribution in [0, 0.1) is 0 Å². The molecule has 0 spiro atoms. The van der Waals surface area contributed by atoms with Gasteiger partial charge < -0.3 is 15.4 Å². The van der Waals surface area contributed by atoms with E-state index in [1.165, 1.54) is 12.0 Å². The number of halogens is 1. The summed E-state index contributed by atoms with van der Waals surface area (Å²) in [6, 6.07) is 11.2. The Morgan fingerprint density at radius 2 is 1.90 bits per heavy atom. The minimum Gasteiger partial charge on any atom is -0.379 e. The van der Waals surface area contributed by atoms with Crippen LogP contribution in [0.3, 0.4) is 0 Å². The van der Waals surface area contributed by atoms with Gasteiger partial charge in [-0.1, -0.05) is 30.3 Å². The molecule has 0 radical (unpaired) electrons. The summed E-state index contributed by atoms with van der Waals surface area (Å²) in [6.07, 6.45) is 3.42. The van der Waals surface area contributed by atoms with Crippen LogP contribution >= 0.6 is 24.0 Å². The Hall–Kier alpha value is -0.900. The van der Waals surface area contributed by atoms with Crippen LogP contribution in [0.15, 0.2) is 35.3 Å².